The van der Waals surface area contributed by atoms with E-state index in [1.165, 1.54) is 38.5 Å². The molecule has 23 heavy (non-hydrogen) atoms. The standard InChI is InChI=1S/C22H46O/c1-11-15-17-21(13-3,19(5,6)7)23-22(14-4,18-16-12-2)20(8,9)10/h11-18H2,1-10H3. The van der Waals surface area contributed by atoms with Gasteiger partial charge in [-0.3, -0.25) is 0 Å². The van der Waals surface area contributed by atoms with Gasteiger partial charge >= 0.3 is 0 Å². The molecule has 0 aromatic rings. The van der Waals surface area contributed by atoms with Crippen LogP contribution in [0.4, 0.5) is 0 Å². The fraction of sp³-hybridized carbons (Fsp3) is 1.00. The van der Waals surface area contributed by atoms with Crippen LogP contribution in [-0.2, 0) is 4.74 Å². The van der Waals surface area contributed by atoms with Gasteiger partial charge in [-0.1, -0.05) is 94.9 Å². The lowest BCUT2D eigenvalue weighted by molar-refractivity contribution is -0.247. The second-order valence-electron chi connectivity index (χ2n) is 9.50. The molecule has 0 bridgehead atoms. The summed E-state index contributed by atoms with van der Waals surface area (Å²) in [6.45, 7) is 23.4. The summed E-state index contributed by atoms with van der Waals surface area (Å²) >= 11 is 0. The van der Waals surface area contributed by atoms with Crippen LogP contribution in [-0.4, -0.2) is 11.2 Å². The van der Waals surface area contributed by atoms with Gasteiger partial charge in [0.1, 0.15) is 0 Å². The van der Waals surface area contributed by atoms with Crippen LogP contribution in [0.5, 0.6) is 0 Å². The van der Waals surface area contributed by atoms with Crippen molar-refractivity contribution in [2.24, 2.45) is 10.8 Å². The Bertz CT molecular complexity index is 288. The van der Waals surface area contributed by atoms with Crippen molar-refractivity contribution < 1.29 is 4.74 Å². The maximum Gasteiger partial charge on any atom is 0.0735 e. The van der Waals surface area contributed by atoms with E-state index in [0.717, 1.165) is 12.8 Å². The molecule has 0 radical (unpaired) electrons. The number of ether oxygens (including phenoxy) is 1. The third-order valence-electron chi connectivity index (χ3n) is 6.13. The minimum Gasteiger partial charge on any atom is -0.367 e. The van der Waals surface area contributed by atoms with Gasteiger partial charge in [0.25, 0.3) is 0 Å². The molecule has 0 spiro atoms. The summed E-state index contributed by atoms with van der Waals surface area (Å²) in [6.07, 6.45) is 9.53. The van der Waals surface area contributed by atoms with Gasteiger partial charge in [-0.15, -0.1) is 0 Å². The predicted molar refractivity (Wildman–Crippen MR) is 105 cm³/mol. The van der Waals surface area contributed by atoms with E-state index in [1.54, 1.807) is 0 Å². The third kappa shape index (κ3) is 5.48. The zero-order valence-electron chi connectivity index (χ0n) is 18.1. The lowest BCUT2D eigenvalue weighted by Gasteiger charge is -2.55. The Hall–Kier alpha value is -0.0400. The van der Waals surface area contributed by atoms with Gasteiger partial charge < -0.3 is 4.74 Å². The van der Waals surface area contributed by atoms with Gasteiger partial charge in [0.05, 0.1) is 11.2 Å². The molecule has 0 amide bonds. The van der Waals surface area contributed by atoms with Crippen molar-refractivity contribution in [2.45, 2.75) is 132 Å². The highest BCUT2D eigenvalue weighted by Gasteiger charge is 2.50. The summed E-state index contributed by atoms with van der Waals surface area (Å²) in [6, 6.07) is 0. The Morgan fingerprint density at radius 2 is 0.870 bits per heavy atom. The maximum absolute atomic E-state index is 7.26. The molecular formula is C22H46O. The van der Waals surface area contributed by atoms with E-state index in [2.05, 4.69) is 69.2 Å². The molecule has 0 aromatic carbocycles. The average Bonchev–Trinajstić information content (AvgIpc) is 2.44. The van der Waals surface area contributed by atoms with Crippen LogP contribution >= 0.6 is 0 Å². The number of unbranched alkanes of at least 4 members (excludes halogenated alkanes) is 2. The molecule has 1 nitrogen and oxygen atoms in total. The predicted octanol–water partition coefficient (Wildman–Crippen LogP) is 7.77. The average molecular weight is 327 g/mol. The van der Waals surface area contributed by atoms with E-state index >= 15 is 0 Å². The van der Waals surface area contributed by atoms with Crippen molar-refractivity contribution in [2.75, 3.05) is 0 Å². The molecule has 0 saturated carbocycles. The molecule has 0 aliphatic heterocycles. The van der Waals surface area contributed by atoms with Crippen molar-refractivity contribution in [3.63, 3.8) is 0 Å². The van der Waals surface area contributed by atoms with Crippen molar-refractivity contribution in [1.82, 2.24) is 0 Å². The second-order valence-corrected chi connectivity index (χ2v) is 9.50. The van der Waals surface area contributed by atoms with Gasteiger partial charge in [0.15, 0.2) is 0 Å². The zero-order valence-corrected chi connectivity index (χ0v) is 18.1. The molecule has 0 N–H and O–H groups in total. The zero-order chi connectivity index (χ0) is 18.4. The molecule has 1 heteroatoms. The lowest BCUT2D eigenvalue weighted by Crippen LogP contribution is -2.56. The Kier molecular flexibility index (Phi) is 8.87. The van der Waals surface area contributed by atoms with Crippen LogP contribution < -0.4 is 0 Å². The smallest absolute Gasteiger partial charge is 0.0735 e. The summed E-state index contributed by atoms with van der Waals surface area (Å²) in [7, 11) is 0. The fourth-order valence-corrected chi connectivity index (χ4v) is 4.02. The normalized spacial score (nSPS) is 18.5. The Morgan fingerprint density at radius 3 is 1.04 bits per heavy atom. The summed E-state index contributed by atoms with van der Waals surface area (Å²) < 4.78 is 7.26. The van der Waals surface area contributed by atoms with Gasteiger partial charge in [-0.05, 0) is 36.5 Å². The summed E-state index contributed by atoms with van der Waals surface area (Å²) in [4.78, 5) is 0. The molecule has 2 unspecified atom stereocenters. The topological polar surface area (TPSA) is 9.23 Å². The first-order valence-corrected chi connectivity index (χ1v) is 10.2. The molecule has 0 aliphatic rings. The van der Waals surface area contributed by atoms with Crippen molar-refractivity contribution in [3.8, 4) is 0 Å². The van der Waals surface area contributed by atoms with Crippen LogP contribution in [0.2, 0.25) is 0 Å². The minimum atomic E-state index is -0.0277. The van der Waals surface area contributed by atoms with Crippen LogP contribution in [0.25, 0.3) is 0 Å². The molecule has 0 aliphatic carbocycles. The molecule has 2 atom stereocenters. The first-order valence-electron chi connectivity index (χ1n) is 10.2. The van der Waals surface area contributed by atoms with Gasteiger partial charge in [-0.2, -0.15) is 0 Å². The fourth-order valence-electron chi connectivity index (χ4n) is 4.02. The molecule has 0 aromatic heterocycles. The Balaban J connectivity index is 5.84. The van der Waals surface area contributed by atoms with Crippen LogP contribution in [0.1, 0.15) is 121 Å². The number of rotatable bonds is 10. The highest BCUT2D eigenvalue weighted by Crippen LogP contribution is 2.50. The van der Waals surface area contributed by atoms with Gasteiger partial charge in [-0.25, -0.2) is 0 Å². The summed E-state index contributed by atoms with van der Waals surface area (Å²) in [5.74, 6) is 0. The molecule has 0 saturated heterocycles. The SMILES string of the molecule is CCCCC(CC)(OC(CC)(CCCC)C(C)(C)C)C(C)(C)C. The number of hydrogen-bond donors (Lipinski definition) is 0. The monoisotopic (exact) mass is 326 g/mol. The van der Waals surface area contributed by atoms with E-state index in [-0.39, 0.29) is 22.0 Å². The second kappa shape index (κ2) is 8.88. The van der Waals surface area contributed by atoms with Crippen LogP contribution in [0, 0.1) is 10.8 Å². The Labute approximate surface area is 148 Å². The highest BCUT2D eigenvalue weighted by atomic mass is 16.5. The summed E-state index contributed by atoms with van der Waals surface area (Å²) in [5.41, 5.74) is 0.268. The van der Waals surface area contributed by atoms with E-state index < -0.39 is 0 Å². The maximum atomic E-state index is 7.26. The number of hydrogen-bond acceptors (Lipinski definition) is 1. The molecular weight excluding hydrogens is 280 g/mol. The van der Waals surface area contributed by atoms with Gasteiger partial charge in [0.2, 0.25) is 0 Å². The Morgan fingerprint density at radius 1 is 0.565 bits per heavy atom. The van der Waals surface area contributed by atoms with Crippen molar-refractivity contribution in [1.29, 1.82) is 0 Å². The van der Waals surface area contributed by atoms with Gasteiger partial charge in [0, 0.05) is 0 Å². The third-order valence-corrected chi connectivity index (χ3v) is 6.13. The van der Waals surface area contributed by atoms with E-state index in [4.69, 9.17) is 4.74 Å². The lowest BCUT2D eigenvalue weighted by atomic mass is 9.67. The quantitative estimate of drug-likeness (QED) is 0.398. The van der Waals surface area contributed by atoms with E-state index in [0.29, 0.717) is 0 Å². The molecule has 0 fully saturated rings. The first kappa shape index (κ1) is 23.0. The summed E-state index contributed by atoms with van der Waals surface area (Å²) in [5, 5.41) is 0. The van der Waals surface area contributed by atoms with Crippen LogP contribution in [0.15, 0.2) is 0 Å². The van der Waals surface area contributed by atoms with Crippen molar-refractivity contribution in [3.05, 3.63) is 0 Å². The van der Waals surface area contributed by atoms with Crippen LogP contribution in [0.3, 0.4) is 0 Å². The van der Waals surface area contributed by atoms with E-state index in [1.807, 2.05) is 0 Å². The van der Waals surface area contributed by atoms with E-state index in [9.17, 15) is 0 Å². The highest BCUT2D eigenvalue weighted by molar-refractivity contribution is 4.99. The first-order chi connectivity index (χ1) is 10.4. The minimum absolute atomic E-state index is 0.0277. The molecule has 0 rings (SSSR count). The molecule has 0 heterocycles. The largest absolute Gasteiger partial charge is 0.367 e. The van der Waals surface area contributed by atoms with Crippen molar-refractivity contribution >= 4 is 0 Å². The molecule has 140 valence electrons.